The summed E-state index contributed by atoms with van der Waals surface area (Å²) in [7, 11) is 0. The third-order valence-corrected chi connectivity index (χ3v) is 5.40. The maximum atomic E-state index is 10.7. The molecule has 1 fully saturated rings. The number of nitrogens with zero attached hydrogens (tertiary/aromatic N) is 4. The summed E-state index contributed by atoms with van der Waals surface area (Å²) in [6, 6.07) is 10.2. The maximum absolute atomic E-state index is 10.7. The average molecular weight is 344 g/mol. The van der Waals surface area contributed by atoms with Gasteiger partial charge in [-0.2, -0.15) is 9.61 Å². The highest BCUT2D eigenvalue weighted by molar-refractivity contribution is 7.17. The minimum atomic E-state index is -0.0338. The van der Waals surface area contributed by atoms with Gasteiger partial charge in [-0.15, -0.1) is 0 Å². The predicted octanol–water partition coefficient (Wildman–Crippen LogP) is 2.70. The number of thiazole rings is 1. The van der Waals surface area contributed by atoms with Crippen LogP contribution in [0.25, 0.3) is 4.96 Å². The molecule has 0 saturated carbocycles. The normalized spacial score (nSPS) is 23.6. The van der Waals surface area contributed by atoms with E-state index in [1.54, 1.807) is 0 Å². The van der Waals surface area contributed by atoms with Crippen molar-refractivity contribution in [2.45, 2.75) is 32.1 Å². The van der Waals surface area contributed by atoms with E-state index in [-0.39, 0.29) is 24.1 Å². The van der Waals surface area contributed by atoms with Gasteiger partial charge in [-0.1, -0.05) is 41.7 Å². The zero-order valence-electron chi connectivity index (χ0n) is 13.7. The van der Waals surface area contributed by atoms with E-state index in [0.29, 0.717) is 4.96 Å². The zero-order chi connectivity index (χ0) is 16.7. The summed E-state index contributed by atoms with van der Waals surface area (Å²) >= 11 is 1.49. The molecule has 1 N–H and O–H groups in total. The smallest absolute Gasteiger partial charge is 0.230 e. The molecule has 4 rings (SSSR count). The second-order valence-corrected chi connectivity index (χ2v) is 7.28. The summed E-state index contributed by atoms with van der Waals surface area (Å²) in [6.07, 6.45) is 1.78. The molecule has 1 aromatic carbocycles. The van der Waals surface area contributed by atoms with Crippen LogP contribution in [0.15, 0.2) is 36.7 Å². The van der Waals surface area contributed by atoms with Gasteiger partial charge in [0.25, 0.3) is 0 Å². The first-order valence-corrected chi connectivity index (χ1v) is 8.91. The Bertz CT molecular complexity index is 822. The Hall–Kier alpha value is -1.96. The lowest BCUT2D eigenvalue weighted by atomic mass is 10.0. The summed E-state index contributed by atoms with van der Waals surface area (Å²) in [5.41, 5.74) is 1.15. The monoisotopic (exact) mass is 344 g/mol. The first-order chi connectivity index (χ1) is 11.6. The molecule has 0 amide bonds. The Balaban J connectivity index is 1.81. The average Bonchev–Trinajstić information content (AvgIpc) is 3.12. The van der Waals surface area contributed by atoms with Crippen molar-refractivity contribution < 1.29 is 9.84 Å². The van der Waals surface area contributed by atoms with Crippen LogP contribution in [0.5, 0.6) is 5.88 Å². The van der Waals surface area contributed by atoms with Crippen LogP contribution in [0.1, 0.15) is 30.3 Å². The lowest BCUT2D eigenvalue weighted by Crippen LogP contribution is -2.47. The Morgan fingerprint density at radius 3 is 2.58 bits per heavy atom. The Morgan fingerprint density at radius 1 is 1.21 bits per heavy atom. The van der Waals surface area contributed by atoms with Gasteiger partial charge in [-0.25, -0.2) is 4.98 Å². The van der Waals surface area contributed by atoms with E-state index in [9.17, 15) is 5.11 Å². The number of fused-ring (bicyclic) bond motifs is 1. The summed E-state index contributed by atoms with van der Waals surface area (Å²) in [5.74, 6) is 0.174. The largest absolute Gasteiger partial charge is 0.492 e. The molecule has 6 nitrogen and oxygen atoms in total. The molecular weight excluding hydrogens is 324 g/mol. The van der Waals surface area contributed by atoms with Crippen LogP contribution in [0, 0.1) is 0 Å². The van der Waals surface area contributed by atoms with Crippen LogP contribution in [-0.4, -0.2) is 49.9 Å². The van der Waals surface area contributed by atoms with Gasteiger partial charge in [0, 0.05) is 13.1 Å². The van der Waals surface area contributed by atoms with E-state index in [1.807, 2.05) is 18.2 Å². The van der Waals surface area contributed by atoms with Crippen molar-refractivity contribution in [3.63, 3.8) is 0 Å². The Morgan fingerprint density at radius 2 is 1.92 bits per heavy atom. The molecule has 1 saturated heterocycles. The molecule has 3 heterocycles. The highest BCUT2D eigenvalue weighted by atomic mass is 32.1. The van der Waals surface area contributed by atoms with Crippen molar-refractivity contribution in [3.8, 4) is 5.88 Å². The van der Waals surface area contributed by atoms with Crippen molar-refractivity contribution in [2.75, 3.05) is 13.1 Å². The summed E-state index contributed by atoms with van der Waals surface area (Å²) in [6.45, 7) is 5.81. The van der Waals surface area contributed by atoms with Gasteiger partial charge in [0.15, 0.2) is 0 Å². The third kappa shape index (κ3) is 2.68. The van der Waals surface area contributed by atoms with E-state index in [4.69, 9.17) is 4.74 Å². The lowest BCUT2D eigenvalue weighted by Gasteiger charge is -2.40. The topological polar surface area (TPSA) is 62.9 Å². The fourth-order valence-corrected chi connectivity index (χ4v) is 4.56. The number of morpholine rings is 1. The minimum Gasteiger partial charge on any atom is -0.492 e. The molecule has 0 aliphatic carbocycles. The van der Waals surface area contributed by atoms with Crippen molar-refractivity contribution in [1.82, 2.24) is 19.5 Å². The molecule has 3 atom stereocenters. The number of aromatic hydroxyl groups is 1. The van der Waals surface area contributed by atoms with Crippen molar-refractivity contribution in [1.29, 1.82) is 0 Å². The van der Waals surface area contributed by atoms with Crippen LogP contribution >= 0.6 is 11.3 Å². The lowest BCUT2D eigenvalue weighted by molar-refractivity contribution is -0.0764. The fraction of sp³-hybridized carbons (Fsp3) is 0.412. The summed E-state index contributed by atoms with van der Waals surface area (Å²) in [4.78, 5) is 8.17. The number of hydrogen-bond donors (Lipinski definition) is 1. The van der Waals surface area contributed by atoms with E-state index in [2.05, 4.69) is 41.0 Å². The highest BCUT2D eigenvalue weighted by Gasteiger charge is 2.33. The maximum Gasteiger partial charge on any atom is 0.230 e. The quantitative estimate of drug-likeness (QED) is 0.791. The first-order valence-electron chi connectivity index (χ1n) is 8.09. The van der Waals surface area contributed by atoms with E-state index >= 15 is 0 Å². The molecule has 2 aromatic heterocycles. The van der Waals surface area contributed by atoms with Crippen LogP contribution in [0.4, 0.5) is 0 Å². The van der Waals surface area contributed by atoms with Gasteiger partial charge in [-0.05, 0) is 19.4 Å². The van der Waals surface area contributed by atoms with Gasteiger partial charge in [-0.3, -0.25) is 4.90 Å². The molecule has 24 heavy (non-hydrogen) atoms. The van der Waals surface area contributed by atoms with Crippen LogP contribution in [-0.2, 0) is 4.74 Å². The molecular formula is C17H20N4O2S. The number of rotatable bonds is 3. The Labute approximate surface area is 144 Å². The van der Waals surface area contributed by atoms with Crippen molar-refractivity contribution >= 4 is 16.3 Å². The van der Waals surface area contributed by atoms with E-state index < -0.39 is 0 Å². The predicted molar refractivity (Wildman–Crippen MR) is 92.4 cm³/mol. The molecule has 0 bridgehead atoms. The number of aromatic nitrogens is 3. The van der Waals surface area contributed by atoms with E-state index in [1.165, 1.54) is 22.2 Å². The van der Waals surface area contributed by atoms with Gasteiger partial charge in [0.1, 0.15) is 6.33 Å². The molecule has 7 heteroatoms. The van der Waals surface area contributed by atoms with Crippen LogP contribution in [0.3, 0.4) is 0 Å². The highest BCUT2D eigenvalue weighted by Crippen LogP contribution is 2.40. The number of hydrogen-bond acceptors (Lipinski definition) is 6. The van der Waals surface area contributed by atoms with E-state index in [0.717, 1.165) is 23.5 Å². The standard InChI is InChI=1S/C17H20N4O2S/c1-11-8-20(9-12(2)23-11)14(13-6-4-3-5-7-13)15-16(22)21-17(24-15)18-10-19-21/h3-7,10-12,14,22H,8-9H2,1-2H3. The zero-order valence-corrected chi connectivity index (χ0v) is 14.5. The van der Waals surface area contributed by atoms with Crippen LogP contribution < -0.4 is 0 Å². The molecule has 126 valence electrons. The fourth-order valence-electron chi connectivity index (χ4n) is 3.46. The molecule has 1 aliphatic heterocycles. The van der Waals surface area contributed by atoms with Gasteiger partial charge < -0.3 is 9.84 Å². The van der Waals surface area contributed by atoms with Crippen molar-refractivity contribution in [3.05, 3.63) is 47.1 Å². The molecule has 1 aliphatic rings. The van der Waals surface area contributed by atoms with Gasteiger partial charge in [0.2, 0.25) is 10.8 Å². The molecule has 3 aromatic rings. The second-order valence-electron chi connectivity index (χ2n) is 6.27. The second kappa shape index (κ2) is 6.16. The van der Waals surface area contributed by atoms with Gasteiger partial charge in [0.05, 0.1) is 23.1 Å². The summed E-state index contributed by atoms with van der Waals surface area (Å²) < 4.78 is 7.39. The van der Waals surface area contributed by atoms with Crippen LogP contribution in [0.2, 0.25) is 0 Å². The SMILES string of the molecule is CC1CN(C(c2ccccc2)c2sc3ncnn3c2O)CC(C)O1. The minimum absolute atomic E-state index is 0.0338. The molecule has 3 unspecified atom stereocenters. The molecule has 0 radical (unpaired) electrons. The summed E-state index contributed by atoms with van der Waals surface area (Å²) in [5, 5.41) is 14.8. The number of ether oxygens (including phenoxy) is 1. The Kier molecular flexibility index (Phi) is 3.99. The van der Waals surface area contributed by atoms with Crippen molar-refractivity contribution in [2.24, 2.45) is 0 Å². The number of benzene rings is 1. The third-order valence-electron chi connectivity index (χ3n) is 4.32. The van der Waals surface area contributed by atoms with Gasteiger partial charge >= 0.3 is 0 Å². The first kappa shape index (κ1) is 15.6. The molecule has 0 spiro atoms.